The number of carboxylic acids is 1. The quantitative estimate of drug-likeness (QED) is 0.644. The third kappa shape index (κ3) is 6.65. The van der Waals surface area contributed by atoms with Gasteiger partial charge in [0.2, 0.25) is 0 Å². The Labute approximate surface area is 123 Å². The number of amides is 2. The normalized spacial score (nSPS) is 11.8. The summed E-state index contributed by atoms with van der Waals surface area (Å²) < 4.78 is 4.52. The Morgan fingerprint density at radius 2 is 1.95 bits per heavy atom. The number of hydrogen-bond acceptors (Lipinski definition) is 5. The zero-order valence-electron chi connectivity index (χ0n) is 12.2. The molecule has 0 aromatic carbocycles. The van der Waals surface area contributed by atoms with Gasteiger partial charge < -0.3 is 20.1 Å². The van der Waals surface area contributed by atoms with E-state index in [2.05, 4.69) is 10.1 Å². The Hall–Kier alpha value is -1.44. The number of esters is 1. The van der Waals surface area contributed by atoms with Crippen LogP contribution in [0, 0.1) is 0 Å². The van der Waals surface area contributed by atoms with E-state index in [-0.39, 0.29) is 12.6 Å². The molecule has 0 aliphatic rings. The number of carbonyl (C=O) groups is 3. The molecule has 0 fully saturated rings. The second-order valence-corrected chi connectivity index (χ2v) is 5.41. The first-order valence-electron chi connectivity index (χ1n) is 6.19. The van der Waals surface area contributed by atoms with Crippen molar-refractivity contribution in [2.24, 2.45) is 0 Å². The Morgan fingerprint density at radius 1 is 1.35 bits per heavy atom. The first-order chi connectivity index (χ1) is 9.33. The highest BCUT2D eigenvalue weighted by molar-refractivity contribution is 7.98. The number of hydrogen-bond donors (Lipinski definition) is 2. The van der Waals surface area contributed by atoms with Crippen LogP contribution in [-0.4, -0.2) is 65.7 Å². The highest BCUT2D eigenvalue weighted by Gasteiger charge is 2.25. The summed E-state index contributed by atoms with van der Waals surface area (Å²) in [5, 5.41) is 11.5. The lowest BCUT2D eigenvalue weighted by atomic mass is 10.2. The molecule has 20 heavy (non-hydrogen) atoms. The smallest absolute Gasteiger partial charge is 0.326 e. The van der Waals surface area contributed by atoms with E-state index in [1.54, 1.807) is 13.8 Å². The van der Waals surface area contributed by atoms with Crippen LogP contribution in [0.2, 0.25) is 0 Å². The number of urea groups is 1. The van der Waals surface area contributed by atoms with Crippen LogP contribution in [0.15, 0.2) is 0 Å². The molecule has 2 N–H and O–H groups in total. The van der Waals surface area contributed by atoms with E-state index in [4.69, 9.17) is 5.11 Å². The van der Waals surface area contributed by atoms with Gasteiger partial charge in [0, 0.05) is 6.04 Å². The largest absolute Gasteiger partial charge is 0.480 e. The lowest BCUT2D eigenvalue weighted by Crippen LogP contribution is -2.51. The third-order valence-corrected chi connectivity index (χ3v) is 3.26. The second kappa shape index (κ2) is 9.46. The Morgan fingerprint density at radius 3 is 2.35 bits per heavy atom. The van der Waals surface area contributed by atoms with Crippen molar-refractivity contribution in [2.45, 2.75) is 32.4 Å². The van der Waals surface area contributed by atoms with Crippen molar-refractivity contribution in [3.63, 3.8) is 0 Å². The van der Waals surface area contributed by atoms with Crippen molar-refractivity contribution in [3.05, 3.63) is 0 Å². The Kier molecular flexibility index (Phi) is 8.78. The van der Waals surface area contributed by atoms with Crippen molar-refractivity contribution in [1.29, 1.82) is 0 Å². The summed E-state index contributed by atoms with van der Waals surface area (Å²) in [6.07, 6.45) is 2.19. The predicted octanol–water partition coefficient (Wildman–Crippen LogP) is 0.786. The van der Waals surface area contributed by atoms with E-state index >= 15 is 0 Å². The number of thioether (sulfide) groups is 1. The number of methoxy groups -OCH3 is 1. The number of ether oxygens (including phenoxy) is 1. The van der Waals surface area contributed by atoms with Gasteiger partial charge in [0.15, 0.2) is 0 Å². The van der Waals surface area contributed by atoms with E-state index < -0.39 is 24.0 Å². The van der Waals surface area contributed by atoms with Crippen LogP contribution < -0.4 is 5.32 Å². The first kappa shape index (κ1) is 18.6. The molecule has 0 saturated heterocycles. The summed E-state index contributed by atoms with van der Waals surface area (Å²) >= 11 is 1.50. The van der Waals surface area contributed by atoms with Gasteiger partial charge in [0.1, 0.15) is 12.6 Å². The summed E-state index contributed by atoms with van der Waals surface area (Å²) in [6, 6.07) is -1.79. The molecule has 116 valence electrons. The maximum atomic E-state index is 12.1. The Balaban J connectivity index is 4.70. The zero-order valence-corrected chi connectivity index (χ0v) is 13.0. The fourth-order valence-electron chi connectivity index (χ4n) is 1.42. The zero-order chi connectivity index (χ0) is 15.7. The molecule has 1 atom stereocenters. The van der Waals surface area contributed by atoms with Crippen LogP contribution in [0.25, 0.3) is 0 Å². The summed E-state index contributed by atoms with van der Waals surface area (Å²) in [7, 11) is 1.23. The summed E-state index contributed by atoms with van der Waals surface area (Å²) in [4.78, 5) is 35.6. The molecule has 0 bridgehead atoms. The maximum absolute atomic E-state index is 12.1. The summed E-state index contributed by atoms with van der Waals surface area (Å²) in [5.74, 6) is -1.02. The number of rotatable bonds is 8. The van der Waals surface area contributed by atoms with E-state index in [0.29, 0.717) is 12.2 Å². The topological polar surface area (TPSA) is 95.9 Å². The van der Waals surface area contributed by atoms with E-state index in [1.165, 1.54) is 23.8 Å². The molecule has 0 aliphatic carbocycles. The molecule has 0 aromatic rings. The third-order valence-electron chi connectivity index (χ3n) is 2.62. The minimum absolute atomic E-state index is 0.213. The average molecular weight is 306 g/mol. The average Bonchev–Trinajstić information content (AvgIpc) is 2.39. The number of carbonyl (C=O) groups excluding carboxylic acids is 2. The van der Waals surface area contributed by atoms with Gasteiger partial charge in [-0.3, -0.25) is 4.79 Å². The van der Waals surface area contributed by atoms with Crippen LogP contribution in [-0.2, 0) is 14.3 Å². The molecular formula is C12H22N2O5S. The van der Waals surface area contributed by atoms with Gasteiger partial charge in [-0.1, -0.05) is 0 Å². The number of aliphatic carboxylic acids is 1. The van der Waals surface area contributed by atoms with E-state index in [9.17, 15) is 14.4 Å². The minimum Gasteiger partial charge on any atom is -0.480 e. The van der Waals surface area contributed by atoms with Crippen LogP contribution >= 0.6 is 11.8 Å². The highest BCUT2D eigenvalue weighted by atomic mass is 32.2. The van der Waals surface area contributed by atoms with Gasteiger partial charge in [-0.2, -0.15) is 11.8 Å². The van der Waals surface area contributed by atoms with Crippen molar-refractivity contribution in [1.82, 2.24) is 10.2 Å². The van der Waals surface area contributed by atoms with Gasteiger partial charge >= 0.3 is 18.0 Å². The molecule has 0 saturated carbocycles. The summed E-state index contributed by atoms with van der Waals surface area (Å²) in [5.41, 5.74) is 0. The number of nitrogens with one attached hydrogen (secondary N) is 1. The molecule has 0 rings (SSSR count). The minimum atomic E-state index is -1.09. The molecule has 2 amide bonds. The van der Waals surface area contributed by atoms with Crippen LogP contribution in [0.4, 0.5) is 4.79 Å². The van der Waals surface area contributed by atoms with Crippen molar-refractivity contribution >= 4 is 29.7 Å². The molecule has 0 heterocycles. The molecular weight excluding hydrogens is 284 g/mol. The van der Waals surface area contributed by atoms with E-state index in [0.717, 1.165) is 0 Å². The van der Waals surface area contributed by atoms with Crippen molar-refractivity contribution in [2.75, 3.05) is 25.7 Å². The molecule has 0 spiro atoms. The van der Waals surface area contributed by atoms with E-state index in [1.807, 2.05) is 6.26 Å². The van der Waals surface area contributed by atoms with Crippen molar-refractivity contribution < 1.29 is 24.2 Å². The predicted molar refractivity (Wildman–Crippen MR) is 76.8 cm³/mol. The lowest BCUT2D eigenvalue weighted by Gasteiger charge is -2.27. The lowest BCUT2D eigenvalue weighted by molar-refractivity contribution is -0.141. The molecule has 0 aromatic heterocycles. The van der Waals surface area contributed by atoms with Crippen LogP contribution in [0.5, 0.6) is 0 Å². The maximum Gasteiger partial charge on any atom is 0.326 e. The number of nitrogens with zero attached hydrogens (tertiary/aromatic N) is 1. The molecule has 0 radical (unpaired) electrons. The van der Waals surface area contributed by atoms with Crippen LogP contribution in [0.3, 0.4) is 0 Å². The fourth-order valence-corrected chi connectivity index (χ4v) is 1.89. The SMILES string of the molecule is COC(=O)CN(C(=O)N[C@@H](CCSC)C(=O)O)C(C)C. The van der Waals surface area contributed by atoms with Crippen molar-refractivity contribution in [3.8, 4) is 0 Å². The van der Waals surface area contributed by atoms with Gasteiger partial charge in [-0.05, 0) is 32.3 Å². The van der Waals surface area contributed by atoms with Crippen LogP contribution in [0.1, 0.15) is 20.3 Å². The number of carboxylic acid groups (broad SMARTS) is 1. The molecule has 8 heteroatoms. The Bertz CT molecular complexity index is 349. The van der Waals surface area contributed by atoms with Gasteiger partial charge in [0.05, 0.1) is 7.11 Å². The highest BCUT2D eigenvalue weighted by Crippen LogP contribution is 2.04. The second-order valence-electron chi connectivity index (χ2n) is 4.42. The first-order valence-corrected chi connectivity index (χ1v) is 7.58. The fraction of sp³-hybridized carbons (Fsp3) is 0.750. The molecule has 0 unspecified atom stereocenters. The summed E-state index contributed by atoms with van der Waals surface area (Å²) in [6.45, 7) is 3.26. The molecule has 0 aliphatic heterocycles. The van der Waals surface area contributed by atoms with Gasteiger partial charge in [-0.15, -0.1) is 0 Å². The monoisotopic (exact) mass is 306 g/mol. The molecule has 7 nitrogen and oxygen atoms in total. The standard InChI is InChI=1S/C12H22N2O5S/c1-8(2)14(7-10(15)19-3)12(18)13-9(11(16)17)5-6-20-4/h8-9H,5-7H2,1-4H3,(H,13,18)(H,16,17)/t9-/m0/s1. The van der Waals surface area contributed by atoms with Gasteiger partial charge in [-0.25, -0.2) is 9.59 Å². The van der Waals surface area contributed by atoms with Gasteiger partial charge in [0.25, 0.3) is 0 Å².